The SMILES string of the molecule is CCOC12COCC1(CC)COC2. The van der Waals surface area contributed by atoms with Crippen LogP contribution in [0.15, 0.2) is 0 Å². The van der Waals surface area contributed by atoms with Crippen LogP contribution in [0.5, 0.6) is 0 Å². The molecule has 0 N–H and O–H groups in total. The van der Waals surface area contributed by atoms with Crippen LogP contribution < -0.4 is 0 Å². The molecule has 0 unspecified atom stereocenters. The molecule has 0 aromatic rings. The van der Waals surface area contributed by atoms with Crippen LogP contribution in [0.4, 0.5) is 0 Å². The highest BCUT2D eigenvalue weighted by Gasteiger charge is 2.60. The van der Waals surface area contributed by atoms with E-state index in [1.165, 1.54) is 0 Å². The summed E-state index contributed by atoms with van der Waals surface area (Å²) in [6.45, 7) is 7.97. The van der Waals surface area contributed by atoms with Gasteiger partial charge in [-0.25, -0.2) is 0 Å². The number of hydrogen-bond donors (Lipinski definition) is 0. The van der Waals surface area contributed by atoms with Crippen molar-refractivity contribution in [2.45, 2.75) is 25.9 Å². The molecule has 13 heavy (non-hydrogen) atoms. The molecule has 0 aliphatic carbocycles. The standard InChI is InChI=1S/C10H18O3/c1-3-9-5-11-7-10(9,13-4-2)8-12-6-9/h3-8H2,1-2H3. The van der Waals surface area contributed by atoms with Gasteiger partial charge >= 0.3 is 0 Å². The van der Waals surface area contributed by atoms with E-state index in [4.69, 9.17) is 14.2 Å². The molecule has 76 valence electrons. The maximum Gasteiger partial charge on any atom is 0.125 e. The first-order valence-corrected chi connectivity index (χ1v) is 5.08. The topological polar surface area (TPSA) is 27.7 Å². The first kappa shape index (κ1) is 9.44. The minimum atomic E-state index is -0.142. The maximum absolute atomic E-state index is 5.86. The average molecular weight is 186 g/mol. The van der Waals surface area contributed by atoms with Gasteiger partial charge in [0.05, 0.1) is 31.8 Å². The normalized spacial score (nSPS) is 43.8. The van der Waals surface area contributed by atoms with Gasteiger partial charge in [-0.1, -0.05) is 6.92 Å². The highest BCUT2D eigenvalue weighted by Crippen LogP contribution is 2.48. The summed E-state index contributed by atoms with van der Waals surface area (Å²) in [7, 11) is 0. The summed E-state index contributed by atoms with van der Waals surface area (Å²) in [5, 5.41) is 0. The summed E-state index contributed by atoms with van der Waals surface area (Å²) in [6, 6.07) is 0. The zero-order valence-electron chi connectivity index (χ0n) is 8.47. The maximum atomic E-state index is 5.86. The lowest BCUT2D eigenvalue weighted by atomic mass is 9.75. The third kappa shape index (κ3) is 1.14. The molecule has 0 aromatic heterocycles. The predicted molar refractivity (Wildman–Crippen MR) is 48.7 cm³/mol. The van der Waals surface area contributed by atoms with Crippen molar-refractivity contribution >= 4 is 0 Å². The van der Waals surface area contributed by atoms with Gasteiger partial charge in [0.15, 0.2) is 0 Å². The highest BCUT2D eigenvalue weighted by molar-refractivity contribution is 5.07. The van der Waals surface area contributed by atoms with Crippen LogP contribution in [-0.4, -0.2) is 38.6 Å². The lowest BCUT2D eigenvalue weighted by Crippen LogP contribution is -2.48. The summed E-state index contributed by atoms with van der Waals surface area (Å²) < 4.78 is 17.0. The minimum Gasteiger partial charge on any atom is -0.378 e. The molecule has 2 aliphatic heterocycles. The monoisotopic (exact) mass is 186 g/mol. The Morgan fingerprint density at radius 2 is 1.69 bits per heavy atom. The molecule has 3 nitrogen and oxygen atoms in total. The van der Waals surface area contributed by atoms with Crippen LogP contribution in [0, 0.1) is 5.41 Å². The predicted octanol–water partition coefficient (Wildman–Crippen LogP) is 1.22. The summed E-state index contributed by atoms with van der Waals surface area (Å²) in [6.07, 6.45) is 1.08. The Labute approximate surface area is 79.4 Å². The molecule has 0 aromatic carbocycles. The molecule has 0 amide bonds. The third-order valence-electron chi connectivity index (χ3n) is 3.49. The molecule has 2 fully saturated rings. The molecule has 0 radical (unpaired) electrons. The summed E-state index contributed by atoms with van der Waals surface area (Å²) in [5.74, 6) is 0. The Kier molecular flexibility index (Phi) is 2.34. The number of ether oxygens (including phenoxy) is 3. The quantitative estimate of drug-likeness (QED) is 0.663. The van der Waals surface area contributed by atoms with E-state index in [9.17, 15) is 0 Å². The zero-order valence-corrected chi connectivity index (χ0v) is 8.47. The van der Waals surface area contributed by atoms with E-state index in [-0.39, 0.29) is 11.0 Å². The van der Waals surface area contributed by atoms with Crippen LogP contribution in [0.1, 0.15) is 20.3 Å². The van der Waals surface area contributed by atoms with E-state index in [1.807, 2.05) is 6.92 Å². The molecular weight excluding hydrogens is 168 g/mol. The van der Waals surface area contributed by atoms with Gasteiger partial charge in [-0.05, 0) is 13.3 Å². The first-order valence-electron chi connectivity index (χ1n) is 5.08. The van der Waals surface area contributed by atoms with Gasteiger partial charge in [-0.2, -0.15) is 0 Å². The number of rotatable bonds is 3. The number of hydrogen-bond acceptors (Lipinski definition) is 3. The Hall–Kier alpha value is -0.120. The second-order valence-corrected chi connectivity index (χ2v) is 4.05. The van der Waals surface area contributed by atoms with Crippen molar-refractivity contribution in [3.05, 3.63) is 0 Å². The Morgan fingerprint density at radius 3 is 2.15 bits per heavy atom. The molecule has 0 saturated carbocycles. The Balaban J connectivity index is 2.22. The molecule has 2 heterocycles. The third-order valence-corrected chi connectivity index (χ3v) is 3.49. The van der Waals surface area contributed by atoms with Gasteiger partial charge in [0.25, 0.3) is 0 Å². The number of fused-ring (bicyclic) bond motifs is 1. The molecule has 3 heteroatoms. The van der Waals surface area contributed by atoms with E-state index < -0.39 is 0 Å². The lowest BCUT2D eigenvalue weighted by Gasteiger charge is -2.35. The van der Waals surface area contributed by atoms with Crippen molar-refractivity contribution in [3.8, 4) is 0 Å². The summed E-state index contributed by atoms with van der Waals surface area (Å²) in [5.41, 5.74) is -0.0144. The largest absolute Gasteiger partial charge is 0.378 e. The van der Waals surface area contributed by atoms with Crippen molar-refractivity contribution in [1.29, 1.82) is 0 Å². The van der Waals surface area contributed by atoms with Gasteiger partial charge < -0.3 is 14.2 Å². The molecule has 2 saturated heterocycles. The Bertz CT molecular complexity index is 181. The zero-order chi connectivity index (χ0) is 9.36. The molecule has 2 rings (SSSR count). The molecule has 0 bridgehead atoms. The van der Waals surface area contributed by atoms with E-state index in [0.29, 0.717) is 13.2 Å². The van der Waals surface area contributed by atoms with E-state index in [1.54, 1.807) is 0 Å². The van der Waals surface area contributed by atoms with Crippen molar-refractivity contribution in [2.24, 2.45) is 5.41 Å². The smallest absolute Gasteiger partial charge is 0.125 e. The fourth-order valence-electron chi connectivity index (χ4n) is 2.51. The van der Waals surface area contributed by atoms with Gasteiger partial charge in [-0.3, -0.25) is 0 Å². The fourth-order valence-corrected chi connectivity index (χ4v) is 2.51. The van der Waals surface area contributed by atoms with Crippen LogP contribution >= 0.6 is 0 Å². The van der Waals surface area contributed by atoms with Crippen LogP contribution in [0.2, 0.25) is 0 Å². The van der Waals surface area contributed by atoms with Crippen LogP contribution in [0.3, 0.4) is 0 Å². The lowest BCUT2D eigenvalue weighted by molar-refractivity contribution is -0.0834. The average Bonchev–Trinajstić information content (AvgIpc) is 2.59. The minimum absolute atomic E-state index is 0.128. The van der Waals surface area contributed by atoms with Gasteiger partial charge in [0.2, 0.25) is 0 Å². The van der Waals surface area contributed by atoms with E-state index in [2.05, 4.69) is 6.92 Å². The summed E-state index contributed by atoms with van der Waals surface area (Å²) >= 11 is 0. The van der Waals surface area contributed by atoms with Crippen LogP contribution in [-0.2, 0) is 14.2 Å². The molecule has 0 atom stereocenters. The second-order valence-electron chi connectivity index (χ2n) is 4.05. The molecule has 2 aliphatic rings. The van der Waals surface area contributed by atoms with Gasteiger partial charge in [-0.15, -0.1) is 0 Å². The van der Waals surface area contributed by atoms with Crippen molar-refractivity contribution in [1.82, 2.24) is 0 Å². The molecular formula is C10H18O3. The second kappa shape index (κ2) is 3.23. The van der Waals surface area contributed by atoms with Gasteiger partial charge in [0.1, 0.15) is 5.60 Å². The first-order chi connectivity index (χ1) is 6.29. The van der Waals surface area contributed by atoms with Crippen molar-refractivity contribution in [2.75, 3.05) is 33.0 Å². The highest BCUT2D eigenvalue weighted by atomic mass is 16.6. The van der Waals surface area contributed by atoms with Crippen molar-refractivity contribution < 1.29 is 14.2 Å². The van der Waals surface area contributed by atoms with Crippen molar-refractivity contribution in [3.63, 3.8) is 0 Å². The van der Waals surface area contributed by atoms with E-state index in [0.717, 1.165) is 26.2 Å². The fraction of sp³-hybridized carbons (Fsp3) is 1.00. The Morgan fingerprint density at radius 1 is 1.08 bits per heavy atom. The summed E-state index contributed by atoms with van der Waals surface area (Å²) in [4.78, 5) is 0. The molecule has 0 spiro atoms. The van der Waals surface area contributed by atoms with Crippen LogP contribution in [0.25, 0.3) is 0 Å². The van der Waals surface area contributed by atoms with E-state index >= 15 is 0 Å². The van der Waals surface area contributed by atoms with Gasteiger partial charge in [0, 0.05) is 6.61 Å².